The lowest BCUT2D eigenvalue weighted by Gasteiger charge is -2.08. The van der Waals surface area contributed by atoms with Gasteiger partial charge in [-0.3, -0.25) is 14.4 Å². The first-order valence-electron chi connectivity index (χ1n) is 15.7. The zero-order valence-electron chi connectivity index (χ0n) is 24.8. The normalized spacial score (nSPS) is 11.1. The summed E-state index contributed by atoms with van der Waals surface area (Å²) in [4.78, 5) is 38.1. The van der Waals surface area contributed by atoms with Crippen LogP contribution in [0.2, 0.25) is 0 Å². The number of unbranched alkanes of at least 4 members (excludes halogenated alkanes) is 15. The fourth-order valence-corrected chi connectivity index (χ4v) is 4.51. The summed E-state index contributed by atoms with van der Waals surface area (Å²) in [6.07, 6.45) is 23.5. The lowest BCUT2D eigenvalue weighted by atomic mass is 10.1. The summed E-state index contributed by atoms with van der Waals surface area (Å²) in [6.45, 7) is 4.66. The maximum absolute atomic E-state index is 12.0. The number of Topliss-reactive ketones (excluding diaryl/α,β-unsaturated/α-hetero) is 1. The quantitative estimate of drug-likeness (QED) is 0.109. The van der Waals surface area contributed by atoms with Crippen molar-refractivity contribution in [3.05, 3.63) is 0 Å². The van der Waals surface area contributed by atoms with Gasteiger partial charge in [-0.25, -0.2) is 0 Å². The number of nitrogens with one attached hydrogen (secondary N) is 2. The van der Waals surface area contributed by atoms with E-state index in [1.54, 1.807) is 0 Å². The smallest absolute Gasteiger partial charge is 0.220 e. The highest BCUT2D eigenvalue weighted by Gasteiger charge is 2.07. The molecule has 6 heteroatoms. The second kappa shape index (κ2) is 27.6. The molecule has 2 amide bonds. The highest BCUT2D eigenvalue weighted by molar-refractivity contribution is 5.84. The molecule has 0 rings (SSSR count). The molecule has 0 fully saturated rings. The molecule has 0 unspecified atom stereocenters. The van der Waals surface area contributed by atoms with Crippen molar-refractivity contribution in [3.8, 4) is 0 Å². The third-order valence-electron chi connectivity index (χ3n) is 6.95. The summed E-state index contributed by atoms with van der Waals surface area (Å²) in [5, 5.41) is 5.86. The molecule has 2 N–H and O–H groups in total. The molecule has 0 aromatic carbocycles. The van der Waals surface area contributed by atoms with E-state index in [4.69, 9.17) is 0 Å². The predicted molar refractivity (Wildman–Crippen MR) is 157 cm³/mol. The van der Waals surface area contributed by atoms with Crippen molar-refractivity contribution >= 4 is 17.6 Å². The van der Waals surface area contributed by atoms with Crippen LogP contribution in [-0.4, -0.2) is 56.2 Å². The van der Waals surface area contributed by atoms with Crippen molar-refractivity contribution in [1.82, 2.24) is 15.5 Å². The van der Waals surface area contributed by atoms with Crippen molar-refractivity contribution < 1.29 is 14.4 Å². The van der Waals surface area contributed by atoms with Crippen LogP contribution in [0.25, 0.3) is 0 Å². The summed E-state index contributed by atoms with van der Waals surface area (Å²) >= 11 is 0. The van der Waals surface area contributed by atoms with Crippen LogP contribution in [0.1, 0.15) is 148 Å². The fraction of sp³-hybridized carbons (Fsp3) is 0.903. The van der Waals surface area contributed by atoms with Gasteiger partial charge in [0.05, 0.1) is 0 Å². The molecule has 0 spiro atoms. The Balaban J connectivity index is 3.42. The average molecular weight is 524 g/mol. The first-order valence-corrected chi connectivity index (χ1v) is 15.7. The van der Waals surface area contributed by atoms with Crippen molar-refractivity contribution in [3.63, 3.8) is 0 Å². The number of hydrogen-bond acceptors (Lipinski definition) is 4. The number of carbonyl (C=O) groups excluding carboxylic acids is 3. The third kappa shape index (κ3) is 29.0. The highest BCUT2D eigenvalue weighted by Crippen LogP contribution is 2.12. The van der Waals surface area contributed by atoms with Crippen molar-refractivity contribution in [2.45, 2.75) is 148 Å². The van der Waals surface area contributed by atoms with E-state index in [-0.39, 0.29) is 24.0 Å². The molecule has 0 radical (unpaired) electrons. The monoisotopic (exact) mass is 523 g/mol. The number of hydrogen-bond donors (Lipinski definition) is 2. The Morgan fingerprint density at radius 1 is 0.486 bits per heavy atom. The Morgan fingerprint density at radius 2 is 0.946 bits per heavy atom. The largest absolute Gasteiger partial charge is 0.356 e. The van der Waals surface area contributed by atoms with Crippen LogP contribution >= 0.6 is 0 Å². The van der Waals surface area contributed by atoms with E-state index < -0.39 is 0 Å². The minimum Gasteiger partial charge on any atom is -0.356 e. The number of nitrogens with zero attached hydrogens (tertiary/aromatic N) is 1. The molecule has 6 nitrogen and oxygen atoms in total. The van der Waals surface area contributed by atoms with Gasteiger partial charge < -0.3 is 15.5 Å². The van der Waals surface area contributed by atoms with Gasteiger partial charge >= 0.3 is 0 Å². The second-order valence-electron chi connectivity index (χ2n) is 11.1. The van der Waals surface area contributed by atoms with Crippen LogP contribution in [-0.2, 0) is 14.4 Å². The van der Waals surface area contributed by atoms with Crippen molar-refractivity contribution in [2.24, 2.45) is 0 Å². The molecule has 0 heterocycles. The van der Waals surface area contributed by atoms with Crippen molar-refractivity contribution in [1.29, 1.82) is 0 Å². The van der Waals surface area contributed by atoms with Crippen LogP contribution < -0.4 is 10.6 Å². The van der Waals surface area contributed by atoms with Crippen LogP contribution in [0.4, 0.5) is 0 Å². The van der Waals surface area contributed by atoms with Gasteiger partial charge in [-0.2, -0.15) is 0 Å². The van der Waals surface area contributed by atoms with Gasteiger partial charge in [0.25, 0.3) is 0 Å². The summed E-state index contributed by atoms with van der Waals surface area (Å²) in [6, 6.07) is 0. The molecule has 218 valence electrons. The topological polar surface area (TPSA) is 78.5 Å². The van der Waals surface area contributed by atoms with Crippen LogP contribution in [0, 0.1) is 0 Å². The molecule has 0 saturated carbocycles. The maximum Gasteiger partial charge on any atom is 0.220 e. The third-order valence-corrected chi connectivity index (χ3v) is 6.95. The summed E-state index contributed by atoms with van der Waals surface area (Å²) in [7, 11) is 4.22. The van der Waals surface area contributed by atoms with E-state index in [0.717, 1.165) is 32.2 Å². The van der Waals surface area contributed by atoms with E-state index in [1.807, 2.05) is 0 Å². The zero-order valence-corrected chi connectivity index (χ0v) is 24.8. The molecule has 0 aromatic rings. The van der Waals surface area contributed by atoms with Crippen LogP contribution in [0.15, 0.2) is 0 Å². The summed E-state index contributed by atoms with van der Waals surface area (Å²) in [5.74, 6) is 0.170. The zero-order chi connectivity index (χ0) is 27.4. The van der Waals surface area contributed by atoms with Gasteiger partial charge in [0, 0.05) is 38.8 Å². The van der Waals surface area contributed by atoms with Gasteiger partial charge in [0.1, 0.15) is 5.78 Å². The molecule has 0 aliphatic heterocycles. The van der Waals surface area contributed by atoms with Gasteiger partial charge in [0.15, 0.2) is 0 Å². The van der Waals surface area contributed by atoms with Crippen LogP contribution in [0.5, 0.6) is 0 Å². The van der Waals surface area contributed by atoms with E-state index in [2.05, 4.69) is 36.6 Å². The van der Waals surface area contributed by atoms with Gasteiger partial charge in [-0.05, 0) is 46.3 Å². The summed E-state index contributed by atoms with van der Waals surface area (Å²) < 4.78 is 0. The SMILES string of the molecule is CCCCCCCCCCCCCC(=O)NCCCC(=O)CCC(=O)NCCCCCCCCN(C)C. The fourth-order valence-electron chi connectivity index (χ4n) is 4.51. The molecule has 0 aliphatic carbocycles. The molecule has 0 bridgehead atoms. The minimum atomic E-state index is -0.0281. The van der Waals surface area contributed by atoms with E-state index in [1.165, 1.54) is 83.5 Å². The van der Waals surface area contributed by atoms with Gasteiger partial charge in [0.2, 0.25) is 11.8 Å². The van der Waals surface area contributed by atoms with Crippen LogP contribution in [0.3, 0.4) is 0 Å². The molecule has 0 aromatic heterocycles. The van der Waals surface area contributed by atoms with E-state index in [0.29, 0.717) is 38.8 Å². The Hall–Kier alpha value is -1.43. The Bertz CT molecular complexity index is 552. The predicted octanol–water partition coefficient (Wildman–Crippen LogP) is 6.95. The molecule has 0 saturated heterocycles. The Kier molecular flexibility index (Phi) is 26.5. The standard InChI is InChI=1S/C31H61N3O3/c1-4-5-6-7-8-9-10-11-12-15-18-23-30(36)33-27-21-22-29(35)24-25-31(37)32-26-19-16-13-14-17-20-28-34(2)3/h4-28H2,1-3H3,(H,32,37)(H,33,36). The lowest BCUT2D eigenvalue weighted by molar-refractivity contribution is -0.125. The number of amides is 2. The Morgan fingerprint density at radius 3 is 1.51 bits per heavy atom. The minimum absolute atomic E-state index is 0.0281. The molecular weight excluding hydrogens is 462 g/mol. The maximum atomic E-state index is 12.0. The average Bonchev–Trinajstić information content (AvgIpc) is 2.87. The molecular formula is C31H61N3O3. The lowest BCUT2D eigenvalue weighted by Crippen LogP contribution is -2.25. The number of carbonyl (C=O) groups is 3. The first kappa shape index (κ1) is 35.6. The molecule has 37 heavy (non-hydrogen) atoms. The summed E-state index contributed by atoms with van der Waals surface area (Å²) in [5.41, 5.74) is 0. The van der Waals surface area contributed by atoms with E-state index >= 15 is 0 Å². The van der Waals surface area contributed by atoms with Gasteiger partial charge in [-0.15, -0.1) is 0 Å². The number of rotatable bonds is 28. The molecule has 0 aliphatic rings. The first-order chi connectivity index (χ1) is 18.0. The van der Waals surface area contributed by atoms with E-state index in [9.17, 15) is 14.4 Å². The van der Waals surface area contributed by atoms with Crippen molar-refractivity contribution in [2.75, 3.05) is 33.7 Å². The molecule has 0 atom stereocenters. The Labute approximate surface area is 229 Å². The number of ketones is 1. The second-order valence-corrected chi connectivity index (χ2v) is 11.1. The van der Waals surface area contributed by atoms with Gasteiger partial charge in [-0.1, -0.05) is 96.8 Å². The highest BCUT2D eigenvalue weighted by atomic mass is 16.2.